The zero-order valence-electron chi connectivity index (χ0n) is 8.35. The molecule has 0 spiro atoms. The van der Waals surface area contributed by atoms with Crippen molar-refractivity contribution >= 4 is 0 Å². The molecular formula is C13H13NO. The molecule has 0 unspecified atom stereocenters. The van der Waals surface area contributed by atoms with E-state index in [1.807, 2.05) is 30.3 Å². The van der Waals surface area contributed by atoms with Gasteiger partial charge in [-0.2, -0.15) is 0 Å². The van der Waals surface area contributed by atoms with Crippen LogP contribution in [0.4, 0.5) is 0 Å². The van der Waals surface area contributed by atoms with E-state index in [1.165, 1.54) is 11.1 Å². The highest BCUT2D eigenvalue weighted by Crippen LogP contribution is 2.18. The predicted octanol–water partition coefficient (Wildman–Crippen LogP) is 2.83. The lowest BCUT2D eigenvalue weighted by Crippen LogP contribution is -2.05. The molecule has 0 aliphatic rings. The molecule has 0 amide bonds. The zero-order chi connectivity index (χ0) is 10.5. The number of nitrogens with one attached hydrogen (secondary N) is 1. The second-order valence-electron chi connectivity index (χ2n) is 3.40. The van der Waals surface area contributed by atoms with Gasteiger partial charge in [0.1, 0.15) is 0 Å². The fourth-order valence-corrected chi connectivity index (χ4v) is 1.54. The fraction of sp³-hybridized carbons (Fsp3) is 0.0769. The minimum atomic E-state index is 0.481. The minimum Gasteiger partial charge on any atom is -0.316 e. The van der Waals surface area contributed by atoms with Crippen molar-refractivity contribution in [2.75, 3.05) is 0 Å². The Labute approximate surface area is 89.2 Å². The summed E-state index contributed by atoms with van der Waals surface area (Å²) in [7, 11) is 0. The first-order valence-corrected chi connectivity index (χ1v) is 4.91. The first kappa shape index (κ1) is 9.90. The monoisotopic (exact) mass is 199 g/mol. The average Bonchev–Trinajstić information content (AvgIpc) is 2.32. The van der Waals surface area contributed by atoms with Crippen LogP contribution in [0.5, 0.6) is 0 Å². The highest BCUT2D eigenvalue weighted by molar-refractivity contribution is 5.63. The van der Waals surface area contributed by atoms with Gasteiger partial charge in [-0.15, -0.1) is 0 Å². The first-order chi connectivity index (χ1) is 7.40. The normalized spacial score (nSPS) is 10.2. The average molecular weight is 199 g/mol. The Morgan fingerprint density at radius 1 is 0.800 bits per heavy atom. The summed E-state index contributed by atoms with van der Waals surface area (Å²) in [4.78, 5) is 0. The molecule has 0 aromatic heterocycles. The molecule has 0 bridgehead atoms. The van der Waals surface area contributed by atoms with Crippen LogP contribution in [0.25, 0.3) is 11.1 Å². The SMILES string of the molecule is ONCc1ccc(-c2ccccc2)cc1. The van der Waals surface area contributed by atoms with Crippen LogP contribution in [0.1, 0.15) is 5.56 Å². The molecule has 0 aliphatic heterocycles. The second kappa shape index (κ2) is 4.73. The van der Waals surface area contributed by atoms with Gasteiger partial charge in [-0.3, -0.25) is 0 Å². The minimum absolute atomic E-state index is 0.481. The van der Waals surface area contributed by atoms with Gasteiger partial charge in [0, 0.05) is 6.54 Å². The van der Waals surface area contributed by atoms with E-state index in [0.717, 1.165) is 5.56 Å². The van der Waals surface area contributed by atoms with Gasteiger partial charge in [0.25, 0.3) is 0 Å². The molecule has 2 aromatic carbocycles. The molecule has 0 saturated carbocycles. The summed E-state index contributed by atoms with van der Waals surface area (Å²) >= 11 is 0. The summed E-state index contributed by atoms with van der Waals surface area (Å²) in [5, 5.41) is 8.56. The Balaban J connectivity index is 2.24. The molecule has 2 N–H and O–H groups in total. The molecule has 0 aliphatic carbocycles. The van der Waals surface area contributed by atoms with Crippen molar-refractivity contribution in [3.05, 3.63) is 60.2 Å². The van der Waals surface area contributed by atoms with E-state index in [9.17, 15) is 0 Å². The Hall–Kier alpha value is -1.64. The van der Waals surface area contributed by atoms with Gasteiger partial charge in [0.15, 0.2) is 0 Å². The van der Waals surface area contributed by atoms with E-state index in [0.29, 0.717) is 6.54 Å². The maximum absolute atomic E-state index is 8.56. The number of hydrogen-bond donors (Lipinski definition) is 2. The lowest BCUT2D eigenvalue weighted by molar-refractivity contribution is 0.161. The van der Waals surface area contributed by atoms with E-state index < -0.39 is 0 Å². The quantitative estimate of drug-likeness (QED) is 0.745. The summed E-state index contributed by atoms with van der Waals surface area (Å²) < 4.78 is 0. The van der Waals surface area contributed by atoms with E-state index in [2.05, 4.69) is 29.7 Å². The van der Waals surface area contributed by atoms with Crippen LogP contribution in [0.3, 0.4) is 0 Å². The molecule has 2 nitrogen and oxygen atoms in total. The van der Waals surface area contributed by atoms with Crippen molar-refractivity contribution in [3.8, 4) is 11.1 Å². The third kappa shape index (κ3) is 2.43. The Morgan fingerprint density at radius 2 is 1.40 bits per heavy atom. The van der Waals surface area contributed by atoms with Crippen LogP contribution in [0.15, 0.2) is 54.6 Å². The van der Waals surface area contributed by atoms with Crippen molar-refractivity contribution in [3.63, 3.8) is 0 Å². The van der Waals surface area contributed by atoms with Crippen molar-refractivity contribution in [2.24, 2.45) is 0 Å². The van der Waals surface area contributed by atoms with Crippen molar-refractivity contribution in [1.29, 1.82) is 0 Å². The van der Waals surface area contributed by atoms with Gasteiger partial charge in [0.2, 0.25) is 0 Å². The largest absolute Gasteiger partial charge is 0.316 e. The van der Waals surface area contributed by atoms with E-state index in [-0.39, 0.29) is 0 Å². The summed E-state index contributed by atoms with van der Waals surface area (Å²) in [5.41, 5.74) is 5.61. The molecule has 2 rings (SSSR count). The fourth-order valence-electron chi connectivity index (χ4n) is 1.54. The highest BCUT2D eigenvalue weighted by atomic mass is 16.5. The first-order valence-electron chi connectivity index (χ1n) is 4.91. The molecule has 0 heterocycles. The van der Waals surface area contributed by atoms with Gasteiger partial charge >= 0.3 is 0 Å². The van der Waals surface area contributed by atoms with Gasteiger partial charge in [-0.05, 0) is 16.7 Å². The molecule has 76 valence electrons. The van der Waals surface area contributed by atoms with Crippen LogP contribution in [0, 0.1) is 0 Å². The van der Waals surface area contributed by atoms with Crippen molar-refractivity contribution < 1.29 is 5.21 Å². The third-order valence-corrected chi connectivity index (χ3v) is 2.34. The van der Waals surface area contributed by atoms with Crippen LogP contribution >= 0.6 is 0 Å². The number of rotatable bonds is 3. The molecule has 15 heavy (non-hydrogen) atoms. The Morgan fingerprint density at radius 3 is 2.00 bits per heavy atom. The smallest absolute Gasteiger partial charge is 0.0458 e. The summed E-state index contributed by atoms with van der Waals surface area (Å²) in [6.07, 6.45) is 0. The van der Waals surface area contributed by atoms with Gasteiger partial charge in [0.05, 0.1) is 0 Å². The molecular weight excluding hydrogens is 186 g/mol. The summed E-state index contributed by atoms with van der Waals surface area (Å²) in [6, 6.07) is 18.4. The van der Waals surface area contributed by atoms with Crippen LogP contribution in [0.2, 0.25) is 0 Å². The predicted molar refractivity (Wildman–Crippen MR) is 60.5 cm³/mol. The number of hydrogen-bond acceptors (Lipinski definition) is 2. The Kier molecular flexibility index (Phi) is 3.12. The van der Waals surface area contributed by atoms with E-state index >= 15 is 0 Å². The molecule has 0 radical (unpaired) electrons. The van der Waals surface area contributed by atoms with Crippen LogP contribution in [-0.2, 0) is 6.54 Å². The second-order valence-corrected chi connectivity index (χ2v) is 3.40. The molecule has 2 heteroatoms. The topological polar surface area (TPSA) is 32.3 Å². The maximum Gasteiger partial charge on any atom is 0.0458 e. The van der Waals surface area contributed by atoms with Gasteiger partial charge < -0.3 is 5.21 Å². The summed E-state index contributed by atoms with van der Waals surface area (Å²) in [5.74, 6) is 0. The molecule has 0 fully saturated rings. The van der Waals surface area contributed by atoms with Gasteiger partial charge in [-0.1, -0.05) is 54.6 Å². The number of benzene rings is 2. The maximum atomic E-state index is 8.56. The van der Waals surface area contributed by atoms with E-state index in [1.54, 1.807) is 0 Å². The highest BCUT2D eigenvalue weighted by Gasteiger charge is 1.96. The van der Waals surface area contributed by atoms with Crippen molar-refractivity contribution in [2.45, 2.75) is 6.54 Å². The van der Waals surface area contributed by atoms with Crippen LogP contribution in [-0.4, -0.2) is 5.21 Å². The molecule has 0 saturated heterocycles. The van der Waals surface area contributed by atoms with Crippen LogP contribution < -0.4 is 5.48 Å². The molecule has 2 aromatic rings. The van der Waals surface area contributed by atoms with Crippen molar-refractivity contribution in [1.82, 2.24) is 5.48 Å². The number of hydroxylamine groups is 1. The van der Waals surface area contributed by atoms with Gasteiger partial charge in [-0.25, -0.2) is 5.48 Å². The zero-order valence-corrected chi connectivity index (χ0v) is 8.35. The molecule has 0 atom stereocenters. The summed E-state index contributed by atoms with van der Waals surface area (Å²) in [6.45, 7) is 0.481. The van der Waals surface area contributed by atoms with E-state index in [4.69, 9.17) is 5.21 Å². The Bertz CT molecular complexity index is 408. The third-order valence-electron chi connectivity index (χ3n) is 2.34. The lowest BCUT2D eigenvalue weighted by atomic mass is 10.0. The lowest BCUT2D eigenvalue weighted by Gasteiger charge is -2.03. The standard InChI is InChI=1S/C13H13NO/c15-14-10-11-6-8-13(9-7-11)12-4-2-1-3-5-12/h1-9,14-15H,10H2.